The number of ether oxygens (including phenoxy) is 2. The fourth-order valence-corrected chi connectivity index (χ4v) is 0.570. The molecule has 0 unspecified atom stereocenters. The lowest BCUT2D eigenvalue weighted by Gasteiger charge is -2.04. The van der Waals surface area contributed by atoms with Gasteiger partial charge in [0.2, 0.25) is 0 Å². The Hall–Kier alpha value is -0.620. The third-order valence-electron chi connectivity index (χ3n) is 0.820. The lowest BCUT2D eigenvalue weighted by Crippen LogP contribution is -2.28. The van der Waals surface area contributed by atoms with Crippen molar-refractivity contribution in [3.63, 3.8) is 0 Å². The summed E-state index contributed by atoms with van der Waals surface area (Å²) in [5.41, 5.74) is 0. The molecule has 0 saturated heterocycles. The first kappa shape index (κ1) is 11.4. The lowest BCUT2D eigenvalue weighted by molar-refractivity contribution is -0.309. The molecule has 0 spiro atoms. The van der Waals surface area contributed by atoms with E-state index in [4.69, 9.17) is 0 Å². The Kier molecular flexibility index (Phi) is 6.69. The summed E-state index contributed by atoms with van der Waals surface area (Å²) in [5, 5.41) is 9.92. The molecule has 0 N–H and O–H groups in total. The molecule has 0 aliphatic heterocycles. The third kappa shape index (κ3) is 7.49. The molecule has 0 aliphatic rings. The lowest BCUT2D eigenvalue weighted by atomic mass is 10.7. The molecule has 0 bridgehead atoms. The zero-order valence-electron chi connectivity index (χ0n) is 6.25. The summed E-state index contributed by atoms with van der Waals surface area (Å²) in [6.45, 7) is -0.365. The summed E-state index contributed by atoms with van der Waals surface area (Å²) in [5.74, 6) is -1.70. The number of halogens is 1. The van der Waals surface area contributed by atoms with Gasteiger partial charge in [-0.3, -0.25) is 4.79 Å². The number of esters is 1. The molecule has 0 atom stereocenters. The monoisotopic (exact) mass is 239 g/mol. The molecular weight excluding hydrogens is 232 g/mol. The predicted molar refractivity (Wildman–Crippen MR) is 40.6 cm³/mol. The van der Waals surface area contributed by atoms with E-state index >= 15 is 0 Å². The first-order valence-corrected chi connectivity index (χ1v) is 4.28. The number of aliphatic carboxylic acids is 1. The van der Waals surface area contributed by atoms with Gasteiger partial charge in [0, 0.05) is 0 Å². The molecule has 0 fully saturated rings. The summed E-state index contributed by atoms with van der Waals surface area (Å²) in [6.07, 6.45) is 0. The molecule has 0 saturated carbocycles. The average molecular weight is 240 g/mol. The van der Waals surface area contributed by atoms with Crippen LogP contribution in [-0.4, -0.2) is 37.1 Å². The van der Waals surface area contributed by atoms with Crippen molar-refractivity contribution in [3.8, 4) is 0 Å². The minimum atomic E-state index is -1.29. The van der Waals surface area contributed by atoms with Crippen LogP contribution in [0.15, 0.2) is 0 Å². The van der Waals surface area contributed by atoms with Crippen molar-refractivity contribution < 1.29 is 24.2 Å². The highest BCUT2D eigenvalue weighted by atomic mass is 79.9. The number of rotatable bonds is 6. The Labute approximate surface area is 77.8 Å². The van der Waals surface area contributed by atoms with E-state index in [9.17, 15) is 14.7 Å². The van der Waals surface area contributed by atoms with E-state index in [0.29, 0.717) is 0 Å². The SMILES string of the molecule is O=C([O-])COCCOC(=O)CBr. The van der Waals surface area contributed by atoms with E-state index in [-0.39, 0.29) is 18.5 Å². The topological polar surface area (TPSA) is 75.7 Å². The van der Waals surface area contributed by atoms with Crippen molar-refractivity contribution in [2.45, 2.75) is 0 Å². The second-order valence-corrected chi connectivity index (χ2v) is 2.34. The Balaban J connectivity index is 3.11. The van der Waals surface area contributed by atoms with E-state index in [1.54, 1.807) is 0 Å². The molecule has 0 aliphatic carbocycles. The van der Waals surface area contributed by atoms with E-state index in [2.05, 4.69) is 25.4 Å². The molecule has 0 aromatic heterocycles. The summed E-state index contributed by atoms with van der Waals surface area (Å²) in [6, 6.07) is 0. The highest BCUT2D eigenvalue weighted by Gasteiger charge is 1.97. The van der Waals surface area contributed by atoms with Crippen LogP contribution in [0.1, 0.15) is 0 Å². The van der Waals surface area contributed by atoms with Crippen LogP contribution in [0.3, 0.4) is 0 Å². The van der Waals surface area contributed by atoms with Gasteiger partial charge in [0.15, 0.2) is 0 Å². The second-order valence-electron chi connectivity index (χ2n) is 1.78. The van der Waals surface area contributed by atoms with Gasteiger partial charge in [0.1, 0.15) is 11.9 Å². The first-order valence-electron chi connectivity index (χ1n) is 3.16. The van der Waals surface area contributed by atoms with E-state index in [1.165, 1.54) is 0 Å². The normalized spacial score (nSPS) is 9.42. The van der Waals surface area contributed by atoms with E-state index in [0.717, 1.165) is 0 Å². The number of carboxylic acids is 1. The van der Waals surface area contributed by atoms with Gasteiger partial charge in [0.25, 0.3) is 0 Å². The van der Waals surface area contributed by atoms with Gasteiger partial charge >= 0.3 is 5.97 Å². The maximum Gasteiger partial charge on any atom is 0.316 e. The quantitative estimate of drug-likeness (QED) is 0.327. The fourth-order valence-electron chi connectivity index (χ4n) is 0.409. The number of hydrogen-bond donors (Lipinski definition) is 0. The van der Waals surface area contributed by atoms with Crippen LogP contribution in [0.4, 0.5) is 0 Å². The maximum absolute atomic E-state index is 10.5. The Morgan fingerprint density at radius 3 is 2.50 bits per heavy atom. The molecule has 0 rings (SSSR count). The second kappa shape index (κ2) is 7.05. The van der Waals surface area contributed by atoms with Gasteiger partial charge in [-0.25, -0.2) is 0 Å². The molecule has 0 heterocycles. The van der Waals surface area contributed by atoms with Crippen LogP contribution < -0.4 is 5.11 Å². The highest BCUT2D eigenvalue weighted by molar-refractivity contribution is 9.09. The molecule has 0 aromatic carbocycles. The van der Waals surface area contributed by atoms with Crippen LogP contribution in [-0.2, 0) is 19.1 Å². The summed E-state index contributed by atoms with van der Waals surface area (Å²) in [4.78, 5) is 20.3. The average Bonchev–Trinajstić information content (AvgIpc) is 2.03. The van der Waals surface area contributed by atoms with E-state index < -0.39 is 18.5 Å². The van der Waals surface area contributed by atoms with Crippen molar-refractivity contribution >= 4 is 27.9 Å². The smallest absolute Gasteiger partial charge is 0.316 e. The van der Waals surface area contributed by atoms with E-state index in [1.807, 2.05) is 0 Å². The van der Waals surface area contributed by atoms with Gasteiger partial charge in [-0.1, -0.05) is 15.9 Å². The van der Waals surface area contributed by atoms with Crippen molar-refractivity contribution in [3.05, 3.63) is 0 Å². The maximum atomic E-state index is 10.5. The molecule has 0 radical (unpaired) electrons. The van der Waals surface area contributed by atoms with Crippen molar-refractivity contribution in [1.29, 1.82) is 0 Å². The number of carbonyl (C=O) groups excluding carboxylic acids is 2. The van der Waals surface area contributed by atoms with Crippen molar-refractivity contribution in [1.82, 2.24) is 0 Å². The van der Waals surface area contributed by atoms with Gasteiger partial charge in [-0.05, 0) is 0 Å². The molecule has 6 heteroatoms. The van der Waals surface area contributed by atoms with Gasteiger partial charge in [-0.15, -0.1) is 0 Å². The zero-order chi connectivity index (χ0) is 9.40. The molecule has 0 aromatic rings. The number of carboxylic acid groups (broad SMARTS) is 1. The van der Waals surface area contributed by atoms with Crippen LogP contribution >= 0.6 is 15.9 Å². The molecule has 70 valence electrons. The highest BCUT2D eigenvalue weighted by Crippen LogP contribution is 1.85. The van der Waals surface area contributed by atoms with Gasteiger partial charge < -0.3 is 19.4 Å². The summed E-state index contributed by atoms with van der Waals surface area (Å²) in [7, 11) is 0. The minimum Gasteiger partial charge on any atom is -0.548 e. The first-order chi connectivity index (χ1) is 5.66. The number of hydrogen-bond acceptors (Lipinski definition) is 5. The van der Waals surface area contributed by atoms with Crippen LogP contribution in [0, 0.1) is 0 Å². The minimum absolute atomic E-state index is 0.0533. The Morgan fingerprint density at radius 1 is 1.33 bits per heavy atom. The molecule has 0 amide bonds. The largest absolute Gasteiger partial charge is 0.548 e. The molecule has 12 heavy (non-hydrogen) atoms. The summed E-state index contributed by atoms with van der Waals surface area (Å²) >= 11 is 2.89. The molecular formula is C6H8BrO5-. The summed E-state index contributed by atoms with van der Waals surface area (Å²) < 4.78 is 9.08. The molecule has 5 nitrogen and oxygen atoms in total. The predicted octanol–water partition coefficient (Wildman–Crippen LogP) is -1.31. The van der Waals surface area contributed by atoms with Crippen LogP contribution in [0.25, 0.3) is 0 Å². The van der Waals surface area contributed by atoms with Gasteiger partial charge in [0.05, 0.1) is 19.2 Å². The van der Waals surface area contributed by atoms with Crippen molar-refractivity contribution in [2.24, 2.45) is 0 Å². The number of alkyl halides is 1. The van der Waals surface area contributed by atoms with Crippen LogP contribution in [0.2, 0.25) is 0 Å². The standard InChI is InChI=1S/C6H9BrO5/c7-3-6(10)12-2-1-11-4-5(8)9/h1-4H2,(H,8,9)/p-1. The Morgan fingerprint density at radius 2 is 2.00 bits per heavy atom. The fraction of sp³-hybridized carbons (Fsp3) is 0.667. The number of carbonyl (C=O) groups is 2. The Bertz CT molecular complexity index is 158. The third-order valence-corrected chi connectivity index (χ3v) is 1.28. The van der Waals surface area contributed by atoms with Crippen molar-refractivity contribution in [2.75, 3.05) is 25.2 Å². The van der Waals surface area contributed by atoms with Crippen LogP contribution in [0.5, 0.6) is 0 Å². The zero-order valence-corrected chi connectivity index (χ0v) is 7.83. The van der Waals surface area contributed by atoms with Gasteiger partial charge in [-0.2, -0.15) is 0 Å².